The van der Waals surface area contributed by atoms with Gasteiger partial charge in [-0.25, -0.2) is 0 Å². The quantitative estimate of drug-likeness (QED) is 0.925. The highest BCUT2D eigenvalue weighted by Gasteiger charge is 2.35. The molecule has 2 heterocycles. The Morgan fingerprint density at radius 1 is 1.09 bits per heavy atom. The van der Waals surface area contributed by atoms with Crippen LogP contribution in [0.3, 0.4) is 0 Å². The summed E-state index contributed by atoms with van der Waals surface area (Å²) < 4.78 is 10.6. The maximum absolute atomic E-state index is 11.1. The lowest BCUT2D eigenvalue weighted by Crippen LogP contribution is -2.42. The molecule has 0 aliphatic carbocycles. The third-order valence-electron chi connectivity index (χ3n) is 4.27. The third-order valence-corrected chi connectivity index (χ3v) is 5.16. The van der Waals surface area contributed by atoms with E-state index in [0.717, 1.165) is 28.8 Å². The first-order chi connectivity index (χ1) is 11.0. The first-order valence-electron chi connectivity index (χ1n) is 7.55. The van der Waals surface area contributed by atoms with E-state index in [1.807, 2.05) is 25.1 Å². The van der Waals surface area contributed by atoms with Gasteiger partial charge < -0.3 is 19.5 Å². The number of nitrogens with zero attached hydrogens (tertiary/aromatic N) is 3. The van der Waals surface area contributed by atoms with Crippen LogP contribution < -0.4 is 14.4 Å². The number of piperidine rings is 1. The lowest BCUT2D eigenvalue weighted by molar-refractivity contribution is 0.0114. The summed E-state index contributed by atoms with van der Waals surface area (Å²) in [5.41, 5.74) is -0.0419. The van der Waals surface area contributed by atoms with Crippen LogP contribution in [0, 0.1) is 6.92 Å². The van der Waals surface area contributed by atoms with E-state index in [4.69, 9.17) is 9.47 Å². The molecule has 0 saturated carbocycles. The Bertz CT molecular complexity index is 659. The van der Waals surface area contributed by atoms with Gasteiger partial charge in [0.15, 0.2) is 0 Å². The molecule has 6 nitrogen and oxygen atoms in total. The van der Waals surface area contributed by atoms with Gasteiger partial charge in [0.2, 0.25) is 5.13 Å². The summed E-state index contributed by atoms with van der Waals surface area (Å²) in [6.07, 6.45) is 1.25. The molecule has 7 heteroatoms. The summed E-state index contributed by atoms with van der Waals surface area (Å²) in [5.74, 6) is 1.38. The van der Waals surface area contributed by atoms with Gasteiger partial charge in [0, 0.05) is 19.2 Å². The average Bonchev–Trinajstić information content (AvgIpc) is 3.01. The van der Waals surface area contributed by atoms with Crippen LogP contribution in [0.25, 0.3) is 0 Å². The standard InChI is InChI=1S/C16H21N3O3S/c1-11-17-18-15(23-11)19-6-4-16(20,5-7-19)12-8-13(21-2)10-14(9-12)22-3/h8-10,20H,4-7H2,1-3H3. The highest BCUT2D eigenvalue weighted by Crippen LogP contribution is 2.38. The summed E-state index contributed by atoms with van der Waals surface area (Å²) >= 11 is 1.58. The Labute approximate surface area is 139 Å². The summed E-state index contributed by atoms with van der Waals surface area (Å²) in [4.78, 5) is 2.18. The second-order valence-electron chi connectivity index (χ2n) is 5.72. The van der Waals surface area contributed by atoms with Gasteiger partial charge in [0.05, 0.1) is 19.8 Å². The van der Waals surface area contributed by atoms with Gasteiger partial charge >= 0.3 is 0 Å². The molecule has 1 N–H and O–H groups in total. The molecule has 1 aliphatic heterocycles. The molecular formula is C16H21N3O3S. The molecule has 1 aromatic carbocycles. The van der Waals surface area contributed by atoms with Gasteiger partial charge in [0.25, 0.3) is 0 Å². The van der Waals surface area contributed by atoms with Gasteiger partial charge in [-0.15, -0.1) is 10.2 Å². The molecule has 2 aromatic rings. The number of anilines is 1. The number of benzene rings is 1. The van der Waals surface area contributed by atoms with E-state index in [9.17, 15) is 5.11 Å². The van der Waals surface area contributed by atoms with Crippen molar-refractivity contribution in [2.24, 2.45) is 0 Å². The van der Waals surface area contributed by atoms with E-state index in [1.165, 1.54) is 0 Å². The van der Waals surface area contributed by atoms with Crippen molar-refractivity contribution in [1.29, 1.82) is 0 Å². The molecule has 124 valence electrons. The number of hydrogen-bond donors (Lipinski definition) is 1. The first kappa shape index (κ1) is 16.0. The number of aliphatic hydroxyl groups is 1. The van der Waals surface area contributed by atoms with Crippen molar-refractivity contribution in [2.75, 3.05) is 32.2 Å². The van der Waals surface area contributed by atoms with Crippen LogP contribution in [0.2, 0.25) is 0 Å². The SMILES string of the molecule is COc1cc(OC)cc(C2(O)CCN(c3nnc(C)s3)CC2)c1. The van der Waals surface area contributed by atoms with Gasteiger partial charge in [0.1, 0.15) is 16.5 Å². The fraction of sp³-hybridized carbons (Fsp3) is 0.500. The van der Waals surface area contributed by atoms with Crippen molar-refractivity contribution < 1.29 is 14.6 Å². The number of hydrogen-bond acceptors (Lipinski definition) is 7. The molecule has 0 radical (unpaired) electrons. The molecule has 1 aliphatic rings. The summed E-state index contributed by atoms with van der Waals surface area (Å²) in [6, 6.07) is 5.58. The monoisotopic (exact) mass is 335 g/mol. The van der Waals surface area contributed by atoms with Gasteiger partial charge in [-0.1, -0.05) is 11.3 Å². The van der Waals surface area contributed by atoms with E-state index >= 15 is 0 Å². The molecule has 0 bridgehead atoms. The Morgan fingerprint density at radius 3 is 2.17 bits per heavy atom. The van der Waals surface area contributed by atoms with Crippen LogP contribution in [0.4, 0.5) is 5.13 Å². The van der Waals surface area contributed by atoms with E-state index in [-0.39, 0.29) is 0 Å². The number of ether oxygens (including phenoxy) is 2. The van der Waals surface area contributed by atoms with Crippen LogP contribution in [-0.2, 0) is 5.60 Å². The zero-order chi connectivity index (χ0) is 16.4. The topological polar surface area (TPSA) is 67.7 Å². The zero-order valence-electron chi connectivity index (χ0n) is 13.6. The van der Waals surface area contributed by atoms with Crippen molar-refractivity contribution in [2.45, 2.75) is 25.4 Å². The molecule has 23 heavy (non-hydrogen) atoms. The van der Waals surface area contributed by atoms with Gasteiger partial charge in [-0.05, 0) is 37.5 Å². The predicted octanol–water partition coefficient (Wildman–Crippen LogP) is 2.35. The minimum Gasteiger partial charge on any atom is -0.497 e. The molecule has 0 spiro atoms. The molecule has 1 aromatic heterocycles. The Balaban J connectivity index is 1.79. The summed E-state index contributed by atoms with van der Waals surface area (Å²) in [7, 11) is 3.23. The van der Waals surface area contributed by atoms with E-state index in [0.29, 0.717) is 24.3 Å². The van der Waals surface area contributed by atoms with Crippen LogP contribution in [0.5, 0.6) is 11.5 Å². The first-order valence-corrected chi connectivity index (χ1v) is 8.37. The summed E-state index contributed by atoms with van der Waals surface area (Å²) in [6.45, 7) is 3.43. The number of aryl methyl sites for hydroxylation is 1. The van der Waals surface area contributed by atoms with Gasteiger partial charge in [-0.3, -0.25) is 0 Å². The average molecular weight is 335 g/mol. The second-order valence-corrected chi connectivity index (χ2v) is 6.88. The Hall–Kier alpha value is -1.86. The number of methoxy groups -OCH3 is 2. The normalized spacial score (nSPS) is 17.1. The molecule has 1 fully saturated rings. The highest BCUT2D eigenvalue weighted by atomic mass is 32.1. The van der Waals surface area contributed by atoms with E-state index < -0.39 is 5.60 Å². The van der Waals surface area contributed by atoms with Crippen LogP contribution in [-0.4, -0.2) is 42.6 Å². The minimum atomic E-state index is -0.877. The smallest absolute Gasteiger partial charge is 0.208 e. The lowest BCUT2D eigenvalue weighted by Gasteiger charge is -2.38. The van der Waals surface area contributed by atoms with Crippen molar-refractivity contribution in [1.82, 2.24) is 10.2 Å². The van der Waals surface area contributed by atoms with E-state index in [2.05, 4.69) is 15.1 Å². The molecule has 1 saturated heterocycles. The fourth-order valence-electron chi connectivity index (χ4n) is 2.85. The maximum Gasteiger partial charge on any atom is 0.208 e. The van der Waals surface area contributed by atoms with Gasteiger partial charge in [-0.2, -0.15) is 0 Å². The molecular weight excluding hydrogens is 314 g/mol. The number of aromatic nitrogens is 2. The molecule has 3 rings (SSSR count). The second kappa shape index (κ2) is 6.33. The van der Waals surface area contributed by atoms with Crippen molar-refractivity contribution in [3.05, 3.63) is 28.8 Å². The zero-order valence-corrected chi connectivity index (χ0v) is 14.4. The molecule has 0 amide bonds. The summed E-state index contributed by atoms with van der Waals surface area (Å²) in [5, 5.41) is 21.2. The predicted molar refractivity (Wildman–Crippen MR) is 89.5 cm³/mol. The third kappa shape index (κ3) is 3.25. The van der Waals surface area contributed by atoms with E-state index in [1.54, 1.807) is 25.6 Å². The van der Waals surface area contributed by atoms with Crippen LogP contribution >= 0.6 is 11.3 Å². The maximum atomic E-state index is 11.1. The molecule has 0 atom stereocenters. The number of rotatable bonds is 4. The lowest BCUT2D eigenvalue weighted by atomic mass is 9.84. The minimum absolute atomic E-state index is 0.627. The van der Waals surface area contributed by atoms with Crippen molar-refractivity contribution in [3.63, 3.8) is 0 Å². The Kier molecular flexibility index (Phi) is 4.41. The largest absolute Gasteiger partial charge is 0.497 e. The van der Waals surface area contributed by atoms with Crippen molar-refractivity contribution in [3.8, 4) is 11.5 Å². The Morgan fingerprint density at radius 2 is 1.70 bits per heavy atom. The fourth-order valence-corrected chi connectivity index (χ4v) is 3.59. The van der Waals surface area contributed by atoms with Crippen LogP contribution in [0.1, 0.15) is 23.4 Å². The van der Waals surface area contributed by atoms with Crippen molar-refractivity contribution >= 4 is 16.5 Å². The molecule has 0 unspecified atom stereocenters. The highest BCUT2D eigenvalue weighted by molar-refractivity contribution is 7.15. The van der Waals surface area contributed by atoms with Crippen LogP contribution in [0.15, 0.2) is 18.2 Å².